The number of ether oxygens (including phenoxy) is 1. The second-order valence-electron chi connectivity index (χ2n) is 4.58. The van der Waals surface area contributed by atoms with Crippen molar-refractivity contribution in [1.29, 1.82) is 0 Å². The van der Waals surface area contributed by atoms with E-state index in [1.165, 1.54) is 0 Å². The van der Waals surface area contributed by atoms with Crippen LogP contribution in [-0.4, -0.2) is 20.9 Å². The highest BCUT2D eigenvalue weighted by Crippen LogP contribution is 2.32. The van der Waals surface area contributed by atoms with E-state index in [4.69, 9.17) is 21.4 Å². The second kappa shape index (κ2) is 5.54. The number of carbonyl (C=O) groups is 1. The molecule has 0 aliphatic heterocycles. The summed E-state index contributed by atoms with van der Waals surface area (Å²) in [5.41, 5.74) is 2.46. The zero-order chi connectivity index (χ0) is 14.9. The average Bonchev–Trinajstić information content (AvgIpc) is 2.58. The Bertz CT molecular complexity index is 665. The quantitative estimate of drug-likeness (QED) is 0.941. The maximum Gasteiger partial charge on any atom is 0.307 e. The molecular formula is C14H15ClN2O3. The SMILES string of the molecule is Cc1nn(C)c(Oc2ccc(CC(=O)O)cc2Cl)c1C. The van der Waals surface area contributed by atoms with Crippen LogP contribution in [0.1, 0.15) is 16.8 Å². The Morgan fingerprint density at radius 1 is 1.45 bits per heavy atom. The summed E-state index contributed by atoms with van der Waals surface area (Å²) >= 11 is 6.13. The van der Waals surface area contributed by atoms with Crippen molar-refractivity contribution in [3.05, 3.63) is 40.0 Å². The zero-order valence-corrected chi connectivity index (χ0v) is 12.2. The molecule has 0 bridgehead atoms. The van der Waals surface area contributed by atoms with E-state index in [2.05, 4.69) is 5.10 Å². The number of hydrogen-bond donors (Lipinski definition) is 1. The number of rotatable bonds is 4. The van der Waals surface area contributed by atoms with Crippen LogP contribution in [0.4, 0.5) is 0 Å². The Morgan fingerprint density at radius 2 is 2.15 bits per heavy atom. The number of carboxylic acids is 1. The van der Waals surface area contributed by atoms with Crippen molar-refractivity contribution in [1.82, 2.24) is 9.78 Å². The molecule has 106 valence electrons. The largest absolute Gasteiger partial charge is 0.481 e. The van der Waals surface area contributed by atoms with E-state index in [0.717, 1.165) is 11.3 Å². The summed E-state index contributed by atoms with van der Waals surface area (Å²) in [7, 11) is 1.79. The molecule has 5 nitrogen and oxygen atoms in total. The van der Waals surface area contributed by atoms with E-state index < -0.39 is 5.97 Å². The van der Waals surface area contributed by atoms with Crippen LogP contribution in [0, 0.1) is 13.8 Å². The van der Waals surface area contributed by atoms with Crippen LogP contribution in [0.2, 0.25) is 5.02 Å². The van der Waals surface area contributed by atoms with E-state index in [1.54, 1.807) is 29.9 Å². The predicted molar refractivity (Wildman–Crippen MR) is 75.5 cm³/mol. The smallest absolute Gasteiger partial charge is 0.307 e. The highest BCUT2D eigenvalue weighted by atomic mass is 35.5. The minimum Gasteiger partial charge on any atom is -0.481 e. The van der Waals surface area contributed by atoms with Crippen LogP contribution in [0.25, 0.3) is 0 Å². The number of aromatic nitrogens is 2. The molecule has 0 unspecified atom stereocenters. The lowest BCUT2D eigenvalue weighted by Crippen LogP contribution is -2.00. The molecule has 2 rings (SSSR count). The molecule has 1 heterocycles. The standard InChI is InChI=1S/C14H15ClN2O3/c1-8-9(2)16-17(3)14(8)20-12-5-4-10(6-11(12)15)7-13(18)19/h4-6H,7H2,1-3H3,(H,18,19). The summed E-state index contributed by atoms with van der Waals surface area (Å²) in [6, 6.07) is 4.96. The maximum atomic E-state index is 10.7. The Morgan fingerprint density at radius 3 is 2.65 bits per heavy atom. The second-order valence-corrected chi connectivity index (χ2v) is 4.98. The van der Waals surface area contributed by atoms with Gasteiger partial charge in [0.15, 0.2) is 0 Å². The summed E-state index contributed by atoms with van der Waals surface area (Å²) in [6.45, 7) is 3.82. The van der Waals surface area contributed by atoms with Gasteiger partial charge in [0.25, 0.3) is 0 Å². The summed E-state index contributed by atoms with van der Waals surface area (Å²) in [5, 5.41) is 13.4. The van der Waals surface area contributed by atoms with Gasteiger partial charge in [-0.3, -0.25) is 4.79 Å². The van der Waals surface area contributed by atoms with Crippen molar-refractivity contribution in [2.75, 3.05) is 0 Å². The molecule has 0 amide bonds. The van der Waals surface area contributed by atoms with Gasteiger partial charge in [-0.25, -0.2) is 4.68 Å². The van der Waals surface area contributed by atoms with Gasteiger partial charge < -0.3 is 9.84 Å². The van der Waals surface area contributed by atoms with Crippen LogP contribution >= 0.6 is 11.6 Å². The van der Waals surface area contributed by atoms with Gasteiger partial charge in [-0.05, 0) is 31.5 Å². The first-order valence-corrected chi connectivity index (χ1v) is 6.44. The van der Waals surface area contributed by atoms with E-state index in [1.807, 2.05) is 13.8 Å². The highest BCUT2D eigenvalue weighted by molar-refractivity contribution is 6.32. The van der Waals surface area contributed by atoms with Gasteiger partial charge in [0.05, 0.1) is 17.1 Å². The van der Waals surface area contributed by atoms with Gasteiger partial charge in [-0.2, -0.15) is 5.10 Å². The first kappa shape index (κ1) is 14.4. The fourth-order valence-electron chi connectivity index (χ4n) is 1.90. The molecule has 0 saturated heterocycles. The number of benzene rings is 1. The van der Waals surface area contributed by atoms with Crippen LogP contribution < -0.4 is 4.74 Å². The topological polar surface area (TPSA) is 64.4 Å². The van der Waals surface area contributed by atoms with Gasteiger partial charge in [0.1, 0.15) is 5.75 Å². The van der Waals surface area contributed by atoms with Crippen LogP contribution in [-0.2, 0) is 18.3 Å². The van der Waals surface area contributed by atoms with Gasteiger partial charge in [-0.1, -0.05) is 17.7 Å². The molecule has 1 aromatic carbocycles. The van der Waals surface area contributed by atoms with Gasteiger partial charge >= 0.3 is 5.97 Å². The van der Waals surface area contributed by atoms with E-state index in [9.17, 15) is 4.79 Å². The third-order valence-electron chi connectivity index (χ3n) is 3.02. The molecule has 0 fully saturated rings. The molecule has 1 aromatic heterocycles. The molecule has 0 radical (unpaired) electrons. The lowest BCUT2D eigenvalue weighted by atomic mass is 10.1. The number of halogens is 1. The molecule has 0 aliphatic carbocycles. The molecule has 0 saturated carbocycles. The minimum atomic E-state index is -0.896. The monoisotopic (exact) mass is 294 g/mol. The highest BCUT2D eigenvalue weighted by Gasteiger charge is 2.13. The summed E-state index contributed by atoms with van der Waals surface area (Å²) in [6.07, 6.45) is -0.0656. The molecule has 20 heavy (non-hydrogen) atoms. The van der Waals surface area contributed by atoms with Crippen molar-refractivity contribution in [2.24, 2.45) is 7.05 Å². The number of aryl methyl sites for hydroxylation is 2. The van der Waals surface area contributed by atoms with E-state index in [-0.39, 0.29) is 6.42 Å². The Hall–Kier alpha value is -2.01. The molecule has 0 aliphatic rings. The number of nitrogens with zero attached hydrogens (tertiary/aromatic N) is 2. The lowest BCUT2D eigenvalue weighted by Gasteiger charge is -2.09. The van der Waals surface area contributed by atoms with Crippen molar-refractivity contribution < 1.29 is 14.6 Å². The first-order chi connectivity index (χ1) is 9.38. The van der Waals surface area contributed by atoms with E-state index >= 15 is 0 Å². The Balaban J connectivity index is 2.28. The third-order valence-corrected chi connectivity index (χ3v) is 3.31. The Kier molecular flexibility index (Phi) is 3.99. The zero-order valence-electron chi connectivity index (χ0n) is 11.5. The van der Waals surface area contributed by atoms with Crippen molar-refractivity contribution in [2.45, 2.75) is 20.3 Å². The fourth-order valence-corrected chi connectivity index (χ4v) is 2.14. The molecular weight excluding hydrogens is 280 g/mol. The molecule has 2 aromatic rings. The van der Waals surface area contributed by atoms with Crippen LogP contribution in [0.3, 0.4) is 0 Å². The number of hydrogen-bond acceptors (Lipinski definition) is 3. The maximum absolute atomic E-state index is 10.7. The van der Waals surface area contributed by atoms with Crippen molar-refractivity contribution >= 4 is 17.6 Å². The van der Waals surface area contributed by atoms with E-state index in [0.29, 0.717) is 22.2 Å². The van der Waals surface area contributed by atoms with Crippen LogP contribution in [0.5, 0.6) is 11.6 Å². The summed E-state index contributed by atoms with van der Waals surface area (Å²) in [4.78, 5) is 10.7. The normalized spacial score (nSPS) is 10.6. The first-order valence-electron chi connectivity index (χ1n) is 6.06. The molecule has 0 atom stereocenters. The number of aliphatic carboxylic acids is 1. The van der Waals surface area contributed by atoms with Crippen LogP contribution in [0.15, 0.2) is 18.2 Å². The predicted octanol–water partition coefficient (Wildman–Crippen LogP) is 3.11. The van der Waals surface area contributed by atoms with Gasteiger partial charge in [-0.15, -0.1) is 0 Å². The van der Waals surface area contributed by atoms with Crippen molar-refractivity contribution in [3.63, 3.8) is 0 Å². The summed E-state index contributed by atoms with van der Waals surface area (Å²) < 4.78 is 7.42. The fraction of sp³-hybridized carbons (Fsp3) is 0.286. The van der Waals surface area contributed by atoms with Gasteiger partial charge in [0.2, 0.25) is 5.88 Å². The Labute approximate surface area is 121 Å². The van der Waals surface area contributed by atoms with Crippen molar-refractivity contribution in [3.8, 4) is 11.6 Å². The summed E-state index contributed by atoms with van der Waals surface area (Å²) in [5.74, 6) is 0.204. The third kappa shape index (κ3) is 2.93. The molecule has 6 heteroatoms. The minimum absolute atomic E-state index is 0.0656. The van der Waals surface area contributed by atoms with Gasteiger partial charge in [0, 0.05) is 12.6 Å². The molecule has 0 spiro atoms. The number of carboxylic acid groups (broad SMARTS) is 1. The molecule has 1 N–H and O–H groups in total. The average molecular weight is 295 g/mol. The lowest BCUT2D eigenvalue weighted by molar-refractivity contribution is -0.136.